The third-order valence-corrected chi connectivity index (χ3v) is 14.8. The predicted molar refractivity (Wildman–Crippen MR) is 299 cm³/mol. The zero-order valence-electron chi connectivity index (χ0n) is 45.9. The van der Waals surface area contributed by atoms with Gasteiger partial charge in [0, 0.05) is 12.5 Å². The Kier molecular flexibility index (Phi) is 21.1. The summed E-state index contributed by atoms with van der Waals surface area (Å²) in [6, 6.07) is 54.3. The average Bonchev–Trinajstić information content (AvgIpc) is 3.71. The SMILES string of the molecule is CC(=O)N[C@@H]1[C@@H](O[C@@H]2O[C@@H](C)[C@@H](OCc3ccccc3)[C@@H](OCc3ccccc3)[C@@H]2OCc2ccccc2)[C@H](O[C@@H]2O[C@@H]3COC(c4ccccc4)O[C@@H]3[C@H](OC(=O)CCl)[C@H]2OC(=O)c2ccccc2)[C@@H](COCc2ccccc2)O[C@H]1O. The van der Waals surface area contributed by atoms with Gasteiger partial charge < -0.3 is 72.0 Å². The molecule has 0 radical (unpaired) electrons. The molecule has 0 bridgehead atoms. The standard InChI is InChI=1S/C64H68ClNO17/c1-40-52(72-35-43-23-11-4-12-24-43)56(73-36-44-25-13-5-14-26-44)58(74-37-45-27-15-6-16-28-45)63(76-40)83-55-51(66-41(2)67)61(70)77-48(38-71-34-42-21-9-3-10-22-42)53(55)82-64-59(80-60(69)46-29-17-7-18-30-46)57(79-50(68)33-65)54-49(78-64)39-75-62(81-54)47-31-19-8-20-32-47/h3-32,40,48-49,51-59,61-64,70H,33-39H2,1-2H3,(H,66,67)/t40-,48+,49+,51+,52+,53+,54-,55+,56+,57-,58-,59+,61+,62?,63-,64-/m0/s1. The lowest BCUT2D eigenvalue weighted by Gasteiger charge is -2.52. The molecular weight excluding hydrogens is 1090 g/mol. The number of nitrogens with one attached hydrogen (secondary N) is 1. The molecule has 6 aromatic rings. The van der Waals surface area contributed by atoms with Gasteiger partial charge in [0.2, 0.25) is 5.91 Å². The molecule has 18 nitrogen and oxygen atoms in total. The number of aliphatic hydroxyl groups is 1. The fourth-order valence-corrected chi connectivity index (χ4v) is 10.6. The van der Waals surface area contributed by atoms with Gasteiger partial charge in [0.1, 0.15) is 60.8 Å². The predicted octanol–water partition coefficient (Wildman–Crippen LogP) is 7.91. The van der Waals surface area contributed by atoms with Gasteiger partial charge >= 0.3 is 11.9 Å². The maximum atomic E-state index is 14.4. The molecule has 19 heteroatoms. The van der Waals surface area contributed by atoms with E-state index in [-0.39, 0.29) is 45.2 Å². The van der Waals surface area contributed by atoms with Gasteiger partial charge in [-0.05, 0) is 41.3 Å². The topological polar surface area (TPSA) is 203 Å². The zero-order chi connectivity index (χ0) is 57.5. The molecule has 1 unspecified atom stereocenters. The van der Waals surface area contributed by atoms with E-state index < -0.39 is 122 Å². The van der Waals surface area contributed by atoms with Crippen LogP contribution in [-0.4, -0.2) is 134 Å². The highest BCUT2D eigenvalue weighted by molar-refractivity contribution is 6.26. The first-order chi connectivity index (χ1) is 40.6. The van der Waals surface area contributed by atoms with Crippen LogP contribution < -0.4 is 5.32 Å². The largest absolute Gasteiger partial charge is 0.454 e. The van der Waals surface area contributed by atoms with Crippen molar-refractivity contribution in [2.45, 2.75) is 139 Å². The maximum absolute atomic E-state index is 14.4. The van der Waals surface area contributed by atoms with Gasteiger partial charge in [0.25, 0.3) is 0 Å². The first-order valence-corrected chi connectivity index (χ1v) is 28.3. The van der Waals surface area contributed by atoms with Gasteiger partial charge in [-0.25, -0.2) is 4.79 Å². The highest BCUT2D eigenvalue weighted by Gasteiger charge is 2.59. The quantitative estimate of drug-likeness (QED) is 0.0462. The number of amides is 1. The molecule has 2 N–H and O–H groups in total. The lowest BCUT2D eigenvalue weighted by Crippen LogP contribution is -2.70. The third kappa shape index (κ3) is 15.7. The van der Waals surface area contributed by atoms with Crippen molar-refractivity contribution in [2.75, 3.05) is 19.1 Å². The minimum atomic E-state index is -1.75. The van der Waals surface area contributed by atoms with Gasteiger partial charge in [0.05, 0.1) is 51.3 Å². The number of ether oxygens (including phenoxy) is 13. The van der Waals surface area contributed by atoms with Crippen LogP contribution in [0.5, 0.6) is 0 Å². The highest BCUT2D eigenvalue weighted by Crippen LogP contribution is 2.40. The summed E-state index contributed by atoms with van der Waals surface area (Å²) in [6.07, 6.45) is -18.4. The van der Waals surface area contributed by atoms with Crippen LogP contribution in [0.1, 0.15) is 58.3 Å². The number of aliphatic hydroxyl groups excluding tert-OH is 1. The van der Waals surface area contributed by atoms with E-state index in [2.05, 4.69) is 5.32 Å². The Labute approximate surface area is 487 Å². The van der Waals surface area contributed by atoms with Crippen LogP contribution in [0.25, 0.3) is 0 Å². The molecule has 4 aliphatic heterocycles. The second-order valence-corrected chi connectivity index (χ2v) is 20.8. The minimum absolute atomic E-state index is 0.0751. The molecule has 6 aromatic carbocycles. The summed E-state index contributed by atoms with van der Waals surface area (Å²) < 4.78 is 86.8. The maximum Gasteiger partial charge on any atom is 0.338 e. The third-order valence-electron chi connectivity index (χ3n) is 14.6. The number of benzene rings is 6. The van der Waals surface area contributed by atoms with Crippen molar-refractivity contribution in [3.8, 4) is 0 Å². The zero-order valence-corrected chi connectivity index (χ0v) is 46.6. The van der Waals surface area contributed by atoms with Crippen molar-refractivity contribution in [1.82, 2.24) is 5.32 Å². The molecule has 4 saturated heterocycles. The van der Waals surface area contributed by atoms with E-state index in [4.69, 9.17) is 73.2 Å². The first kappa shape index (κ1) is 59.7. The summed E-state index contributed by atoms with van der Waals surface area (Å²) in [5.41, 5.74) is 4.30. The summed E-state index contributed by atoms with van der Waals surface area (Å²) in [6.45, 7) is 3.33. The van der Waals surface area contributed by atoms with Gasteiger partial charge in [-0.2, -0.15) is 0 Å². The molecule has 438 valence electrons. The van der Waals surface area contributed by atoms with E-state index in [0.29, 0.717) is 5.56 Å². The van der Waals surface area contributed by atoms with Gasteiger partial charge in [-0.3, -0.25) is 9.59 Å². The number of hydrogen-bond donors (Lipinski definition) is 2. The van der Waals surface area contributed by atoms with E-state index in [1.54, 1.807) is 30.3 Å². The van der Waals surface area contributed by atoms with Crippen LogP contribution >= 0.6 is 11.6 Å². The van der Waals surface area contributed by atoms with Crippen molar-refractivity contribution in [1.29, 1.82) is 0 Å². The van der Waals surface area contributed by atoms with Crippen molar-refractivity contribution < 1.29 is 81.1 Å². The fourth-order valence-electron chi connectivity index (χ4n) is 10.6. The molecular formula is C64H68ClNO17. The number of carbonyl (C=O) groups is 3. The molecule has 16 atom stereocenters. The minimum Gasteiger partial charge on any atom is -0.454 e. The van der Waals surface area contributed by atoms with Crippen molar-refractivity contribution in [3.63, 3.8) is 0 Å². The van der Waals surface area contributed by atoms with Crippen LogP contribution in [0.15, 0.2) is 182 Å². The summed E-state index contributed by atoms with van der Waals surface area (Å²) >= 11 is 6.15. The number of halogens is 1. The Balaban J connectivity index is 1.05. The van der Waals surface area contributed by atoms with E-state index in [1.165, 1.54) is 6.92 Å². The lowest BCUT2D eigenvalue weighted by atomic mass is 9.94. The van der Waals surface area contributed by atoms with Gasteiger partial charge in [-0.1, -0.05) is 170 Å². The van der Waals surface area contributed by atoms with Crippen molar-refractivity contribution in [2.24, 2.45) is 0 Å². The van der Waals surface area contributed by atoms with E-state index in [9.17, 15) is 19.5 Å². The molecule has 10 rings (SSSR count). The van der Waals surface area contributed by atoms with E-state index in [1.807, 2.05) is 159 Å². The second kappa shape index (κ2) is 29.4. The molecule has 4 fully saturated rings. The second-order valence-electron chi connectivity index (χ2n) is 20.5. The highest BCUT2D eigenvalue weighted by atomic mass is 35.5. The summed E-state index contributed by atoms with van der Waals surface area (Å²) in [7, 11) is 0. The lowest BCUT2D eigenvalue weighted by molar-refractivity contribution is -0.392. The van der Waals surface area contributed by atoms with Crippen LogP contribution in [0, 0.1) is 0 Å². The first-order valence-electron chi connectivity index (χ1n) is 27.7. The Morgan fingerprint density at radius 1 is 0.554 bits per heavy atom. The number of carbonyl (C=O) groups excluding carboxylic acids is 3. The van der Waals surface area contributed by atoms with Crippen molar-refractivity contribution in [3.05, 3.63) is 215 Å². The van der Waals surface area contributed by atoms with E-state index in [0.717, 1.165) is 22.3 Å². The fraction of sp³-hybridized carbons (Fsp3) is 0.391. The molecule has 4 heterocycles. The number of fused-ring (bicyclic) bond motifs is 1. The van der Waals surface area contributed by atoms with Crippen LogP contribution in [0.4, 0.5) is 0 Å². The Morgan fingerprint density at radius 2 is 1.06 bits per heavy atom. The Bertz CT molecular complexity index is 2940. The summed E-state index contributed by atoms with van der Waals surface area (Å²) in [4.78, 5) is 41.3. The van der Waals surface area contributed by atoms with Crippen LogP contribution in [0.3, 0.4) is 0 Å². The smallest absolute Gasteiger partial charge is 0.338 e. The molecule has 0 saturated carbocycles. The monoisotopic (exact) mass is 1160 g/mol. The number of rotatable bonds is 23. The van der Waals surface area contributed by atoms with Gasteiger partial charge in [0.15, 0.2) is 37.4 Å². The molecule has 4 aliphatic rings. The summed E-state index contributed by atoms with van der Waals surface area (Å²) in [5, 5.41) is 15.0. The molecule has 0 aliphatic carbocycles. The van der Waals surface area contributed by atoms with Crippen molar-refractivity contribution >= 4 is 29.4 Å². The van der Waals surface area contributed by atoms with Crippen LogP contribution in [-0.2, 0) is 97.6 Å². The molecule has 1 amide bonds. The molecule has 0 spiro atoms. The Hall–Kier alpha value is -6.46. The summed E-state index contributed by atoms with van der Waals surface area (Å²) in [5.74, 6) is -2.79. The normalized spacial score (nSPS) is 29.6. The van der Waals surface area contributed by atoms with Gasteiger partial charge in [-0.15, -0.1) is 11.6 Å². The average molecular weight is 1160 g/mol. The van der Waals surface area contributed by atoms with Crippen LogP contribution in [0.2, 0.25) is 0 Å². The Morgan fingerprint density at radius 3 is 1.63 bits per heavy atom. The molecule has 0 aromatic heterocycles. The molecule has 83 heavy (non-hydrogen) atoms. The number of alkyl halides is 1. The van der Waals surface area contributed by atoms with E-state index >= 15 is 0 Å². The number of hydrogen-bond acceptors (Lipinski definition) is 17. The number of esters is 2.